The molecule has 1 aromatic heterocycles. The first-order valence-electron chi connectivity index (χ1n) is 10.3. The molecule has 1 unspecified atom stereocenters. The Morgan fingerprint density at radius 2 is 2.10 bits per heavy atom. The number of nitrogen functional groups attached to an aromatic ring is 1. The zero-order valence-corrected chi connectivity index (χ0v) is 16.8. The van der Waals surface area contributed by atoms with Gasteiger partial charge in [-0.25, -0.2) is 4.98 Å². The molecule has 1 saturated heterocycles. The van der Waals surface area contributed by atoms with Gasteiger partial charge < -0.3 is 21.3 Å². The summed E-state index contributed by atoms with van der Waals surface area (Å²) in [6.45, 7) is 4.52. The van der Waals surface area contributed by atoms with Gasteiger partial charge in [-0.05, 0) is 56.7 Å². The molecule has 4 rings (SSSR count). The van der Waals surface area contributed by atoms with Crippen molar-refractivity contribution in [1.29, 1.82) is 0 Å². The Balaban J connectivity index is 1.71. The summed E-state index contributed by atoms with van der Waals surface area (Å²) in [6, 6.07) is 7.27. The molecule has 152 valence electrons. The number of fused-ring (bicyclic) bond motifs is 6. The molecule has 7 nitrogen and oxygen atoms in total. The van der Waals surface area contributed by atoms with E-state index in [9.17, 15) is 4.79 Å². The number of piperidine rings is 1. The van der Waals surface area contributed by atoms with Gasteiger partial charge in [-0.15, -0.1) is 0 Å². The molecule has 1 aromatic carbocycles. The lowest BCUT2D eigenvalue weighted by molar-refractivity contribution is 0.102. The third-order valence-corrected chi connectivity index (χ3v) is 5.45. The van der Waals surface area contributed by atoms with Crippen LogP contribution < -0.4 is 21.3 Å². The van der Waals surface area contributed by atoms with Crippen molar-refractivity contribution in [2.24, 2.45) is 5.92 Å². The normalized spacial score (nSPS) is 20.9. The van der Waals surface area contributed by atoms with E-state index in [0.29, 0.717) is 28.9 Å². The van der Waals surface area contributed by atoms with Crippen molar-refractivity contribution in [3.8, 4) is 0 Å². The van der Waals surface area contributed by atoms with Crippen molar-refractivity contribution >= 4 is 29.0 Å². The quantitative estimate of drug-likeness (QED) is 0.468. The van der Waals surface area contributed by atoms with Gasteiger partial charge in [-0.1, -0.05) is 12.2 Å². The minimum absolute atomic E-state index is 0.182. The first-order chi connectivity index (χ1) is 14.1. The minimum Gasteiger partial charge on any atom is -0.399 e. The maximum atomic E-state index is 13.1. The van der Waals surface area contributed by atoms with Crippen LogP contribution in [0.5, 0.6) is 0 Å². The Morgan fingerprint density at radius 3 is 3.00 bits per heavy atom. The highest BCUT2D eigenvalue weighted by Crippen LogP contribution is 2.30. The molecule has 4 bridgehead atoms. The van der Waals surface area contributed by atoms with Gasteiger partial charge in [0.25, 0.3) is 5.91 Å². The van der Waals surface area contributed by atoms with Crippen LogP contribution in [-0.4, -0.2) is 35.5 Å². The first kappa shape index (κ1) is 19.2. The SMILES string of the molecule is Cc1cc2nc(n1)NCC/C=C\CC1CCCN(C1)c1cc(N)ccc1C(=O)N2. The van der Waals surface area contributed by atoms with Crippen LogP contribution in [0.2, 0.25) is 0 Å². The zero-order valence-electron chi connectivity index (χ0n) is 16.8. The molecule has 4 N–H and O–H groups in total. The number of aryl methyl sites for hydroxylation is 1. The second kappa shape index (κ2) is 8.51. The molecule has 1 atom stereocenters. The predicted molar refractivity (Wildman–Crippen MR) is 117 cm³/mol. The van der Waals surface area contributed by atoms with Crippen molar-refractivity contribution in [3.05, 3.63) is 47.7 Å². The van der Waals surface area contributed by atoms with E-state index in [-0.39, 0.29) is 5.91 Å². The van der Waals surface area contributed by atoms with E-state index in [2.05, 4.69) is 37.7 Å². The highest BCUT2D eigenvalue weighted by molar-refractivity contribution is 6.08. The number of nitrogens with one attached hydrogen (secondary N) is 2. The minimum atomic E-state index is -0.182. The third-order valence-electron chi connectivity index (χ3n) is 5.45. The number of allylic oxidation sites excluding steroid dienone is 1. The summed E-state index contributed by atoms with van der Waals surface area (Å²) in [5, 5.41) is 6.19. The van der Waals surface area contributed by atoms with Crippen molar-refractivity contribution in [1.82, 2.24) is 9.97 Å². The Kier molecular flexibility index (Phi) is 5.64. The highest BCUT2D eigenvalue weighted by atomic mass is 16.1. The topological polar surface area (TPSA) is 96.2 Å². The van der Waals surface area contributed by atoms with Crippen LogP contribution in [0.1, 0.15) is 41.7 Å². The largest absolute Gasteiger partial charge is 0.399 e. The van der Waals surface area contributed by atoms with Crippen LogP contribution in [0.3, 0.4) is 0 Å². The lowest BCUT2D eigenvalue weighted by Gasteiger charge is -2.35. The summed E-state index contributed by atoms with van der Waals surface area (Å²) in [5.41, 5.74) is 9.04. The average molecular weight is 393 g/mol. The number of anilines is 4. The fourth-order valence-corrected chi connectivity index (χ4v) is 4.05. The molecule has 1 fully saturated rings. The summed E-state index contributed by atoms with van der Waals surface area (Å²) in [6.07, 6.45) is 8.78. The smallest absolute Gasteiger partial charge is 0.258 e. The molecule has 0 radical (unpaired) electrons. The number of aromatic nitrogens is 2. The monoisotopic (exact) mass is 392 g/mol. The molecule has 0 saturated carbocycles. The predicted octanol–water partition coefficient (Wildman–Crippen LogP) is 3.60. The second-order valence-corrected chi connectivity index (χ2v) is 7.83. The maximum Gasteiger partial charge on any atom is 0.258 e. The number of hydrogen-bond donors (Lipinski definition) is 3. The van der Waals surface area contributed by atoms with E-state index in [1.165, 1.54) is 6.42 Å². The maximum absolute atomic E-state index is 13.1. The van der Waals surface area contributed by atoms with Gasteiger partial charge in [-0.2, -0.15) is 4.98 Å². The van der Waals surface area contributed by atoms with Crippen LogP contribution in [0.15, 0.2) is 36.4 Å². The van der Waals surface area contributed by atoms with Crippen molar-refractivity contribution < 1.29 is 4.79 Å². The second-order valence-electron chi connectivity index (χ2n) is 7.83. The fourth-order valence-electron chi connectivity index (χ4n) is 4.05. The van der Waals surface area contributed by atoms with Gasteiger partial charge in [0.1, 0.15) is 5.82 Å². The van der Waals surface area contributed by atoms with Crippen LogP contribution in [0, 0.1) is 12.8 Å². The number of nitrogens with two attached hydrogens (primary N) is 1. The molecule has 7 heteroatoms. The van der Waals surface area contributed by atoms with Gasteiger partial charge in [0.15, 0.2) is 0 Å². The molecular formula is C22H28N6O. The van der Waals surface area contributed by atoms with Crippen LogP contribution in [-0.2, 0) is 0 Å². The van der Waals surface area contributed by atoms with Crippen LogP contribution >= 0.6 is 0 Å². The number of rotatable bonds is 0. The van der Waals surface area contributed by atoms with Gasteiger partial charge in [0.05, 0.1) is 11.3 Å². The van der Waals surface area contributed by atoms with Gasteiger partial charge in [-0.3, -0.25) is 4.79 Å². The Hall–Kier alpha value is -3.09. The third kappa shape index (κ3) is 4.67. The van der Waals surface area contributed by atoms with E-state index >= 15 is 0 Å². The lowest BCUT2D eigenvalue weighted by Crippen LogP contribution is -2.36. The van der Waals surface area contributed by atoms with Gasteiger partial charge >= 0.3 is 0 Å². The van der Waals surface area contributed by atoms with E-state index in [4.69, 9.17) is 5.73 Å². The molecule has 2 aliphatic heterocycles. The molecule has 2 aliphatic rings. The zero-order chi connectivity index (χ0) is 20.2. The molecule has 29 heavy (non-hydrogen) atoms. The lowest BCUT2D eigenvalue weighted by atomic mass is 9.93. The fraction of sp³-hybridized carbons (Fsp3) is 0.409. The molecule has 0 aliphatic carbocycles. The number of carbonyl (C=O) groups is 1. The van der Waals surface area contributed by atoms with E-state index in [0.717, 1.165) is 50.3 Å². The Labute approximate surface area is 171 Å². The van der Waals surface area contributed by atoms with Crippen LogP contribution in [0.25, 0.3) is 0 Å². The standard InChI is InChI=1S/C22H28N6O/c1-15-12-20-26-21(29)18-9-8-17(23)13-19(18)28-11-5-7-16(14-28)6-3-2-4-10-24-22(25-15)27-20/h2-3,8-9,12-13,16H,4-7,10-11,14,23H2,1H3,(H2,24,25,26,27,29)/b3-2-. The number of carbonyl (C=O) groups excluding carboxylic acids is 1. The summed E-state index contributed by atoms with van der Waals surface area (Å²) >= 11 is 0. The number of benzene rings is 1. The molecule has 1 amide bonds. The molecular weight excluding hydrogens is 364 g/mol. The van der Waals surface area contributed by atoms with E-state index < -0.39 is 0 Å². The molecule has 2 aromatic rings. The van der Waals surface area contributed by atoms with Crippen molar-refractivity contribution in [2.75, 3.05) is 40.9 Å². The van der Waals surface area contributed by atoms with Gasteiger partial charge in [0.2, 0.25) is 5.95 Å². The Bertz CT molecular complexity index is 926. The number of amides is 1. The summed E-state index contributed by atoms with van der Waals surface area (Å²) < 4.78 is 0. The van der Waals surface area contributed by atoms with Gasteiger partial charge in [0, 0.05) is 37.1 Å². The summed E-state index contributed by atoms with van der Waals surface area (Å²) in [5.74, 6) is 1.42. The highest BCUT2D eigenvalue weighted by Gasteiger charge is 2.24. The summed E-state index contributed by atoms with van der Waals surface area (Å²) in [7, 11) is 0. The number of hydrogen-bond acceptors (Lipinski definition) is 6. The number of nitrogens with zero attached hydrogens (tertiary/aromatic N) is 3. The first-order valence-corrected chi connectivity index (χ1v) is 10.3. The molecule has 0 spiro atoms. The summed E-state index contributed by atoms with van der Waals surface area (Å²) in [4.78, 5) is 24.3. The van der Waals surface area contributed by atoms with Crippen molar-refractivity contribution in [2.45, 2.75) is 32.6 Å². The van der Waals surface area contributed by atoms with Crippen molar-refractivity contribution in [3.63, 3.8) is 0 Å². The van der Waals surface area contributed by atoms with E-state index in [1.807, 2.05) is 13.0 Å². The van der Waals surface area contributed by atoms with Crippen LogP contribution in [0.4, 0.5) is 23.1 Å². The average Bonchev–Trinajstić information content (AvgIpc) is 2.69. The molecule has 3 heterocycles. The Morgan fingerprint density at radius 1 is 1.21 bits per heavy atom. The van der Waals surface area contributed by atoms with E-state index in [1.54, 1.807) is 18.2 Å².